The van der Waals surface area contributed by atoms with E-state index in [2.05, 4.69) is 65.8 Å². The first-order valence-corrected chi connectivity index (χ1v) is 9.36. The van der Waals surface area contributed by atoms with Crippen molar-refractivity contribution >= 4 is 11.5 Å². The first kappa shape index (κ1) is 19.1. The topological polar surface area (TPSA) is 26.5 Å². The lowest BCUT2D eigenvalue weighted by Crippen LogP contribution is -3.00. The molecule has 0 saturated heterocycles. The van der Waals surface area contributed by atoms with E-state index in [1.54, 1.807) is 0 Å². The highest BCUT2D eigenvalue weighted by molar-refractivity contribution is 5.95. The summed E-state index contributed by atoms with van der Waals surface area (Å²) in [6.45, 7) is 5.73. The molecule has 138 valence electrons. The number of benzene rings is 2. The maximum atomic E-state index is 11.8. The number of amidine groups is 1. The van der Waals surface area contributed by atoms with Crippen LogP contribution in [0.25, 0.3) is 0 Å². The Labute approximate surface area is 166 Å². The van der Waals surface area contributed by atoms with Gasteiger partial charge in [-0.25, -0.2) is 9.48 Å². The van der Waals surface area contributed by atoms with Crippen molar-refractivity contribution in [2.24, 2.45) is 0 Å². The molecular formula is C22H27BrN2O. The van der Waals surface area contributed by atoms with Gasteiger partial charge in [-0.2, -0.15) is 0 Å². The molecule has 2 aliphatic rings. The average Bonchev–Trinajstić information content (AvgIpc) is 2.77. The molecule has 2 aliphatic heterocycles. The summed E-state index contributed by atoms with van der Waals surface area (Å²) in [4.78, 5) is 2.32. The van der Waals surface area contributed by atoms with E-state index >= 15 is 0 Å². The van der Waals surface area contributed by atoms with Crippen LogP contribution in [-0.2, 0) is 5.72 Å². The van der Waals surface area contributed by atoms with Crippen LogP contribution in [0.2, 0.25) is 0 Å². The number of hydrogen-bond donors (Lipinski definition) is 1. The Morgan fingerprint density at radius 1 is 1.00 bits per heavy atom. The fraction of sp³-hybridized carbons (Fsp3) is 0.409. The van der Waals surface area contributed by atoms with E-state index < -0.39 is 5.72 Å². The van der Waals surface area contributed by atoms with Gasteiger partial charge in [0.2, 0.25) is 0 Å². The maximum Gasteiger partial charge on any atom is 0.271 e. The molecule has 1 N–H and O–H groups in total. The number of hydrogen-bond acceptors (Lipinski definition) is 2. The smallest absolute Gasteiger partial charge is 0.271 e. The van der Waals surface area contributed by atoms with E-state index in [-0.39, 0.29) is 17.0 Å². The lowest BCUT2D eigenvalue weighted by atomic mass is 9.95. The van der Waals surface area contributed by atoms with Gasteiger partial charge in [-0.05, 0) is 50.8 Å². The predicted molar refractivity (Wildman–Crippen MR) is 102 cm³/mol. The summed E-state index contributed by atoms with van der Waals surface area (Å²) in [7, 11) is 0. The van der Waals surface area contributed by atoms with Gasteiger partial charge in [0.1, 0.15) is 5.69 Å². The number of anilines is 1. The van der Waals surface area contributed by atoms with Crippen molar-refractivity contribution in [3.8, 4) is 0 Å². The predicted octanol–water partition coefficient (Wildman–Crippen LogP) is 0.958. The van der Waals surface area contributed by atoms with E-state index in [4.69, 9.17) is 0 Å². The van der Waals surface area contributed by atoms with Gasteiger partial charge < -0.3 is 22.1 Å². The van der Waals surface area contributed by atoms with Gasteiger partial charge in [0.15, 0.2) is 6.54 Å². The molecule has 0 fully saturated rings. The molecule has 0 radical (unpaired) electrons. The lowest BCUT2D eigenvalue weighted by Gasteiger charge is -2.25. The highest BCUT2D eigenvalue weighted by Crippen LogP contribution is 2.36. The highest BCUT2D eigenvalue weighted by Gasteiger charge is 2.52. The van der Waals surface area contributed by atoms with Gasteiger partial charge >= 0.3 is 0 Å². The van der Waals surface area contributed by atoms with Crippen LogP contribution in [0.5, 0.6) is 0 Å². The first-order valence-electron chi connectivity index (χ1n) is 9.36. The Morgan fingerprint density at radius 3 is 2.50 bits per heavy atom. The fourth-order valence-corrected chi connectivity index (χ4v) is 4.41. The number of para-hydroxylation sites is 1. The average molecular weight is 415 g/mol. The normalized spacial score (nSPS) is 22.7. The van der Waals surface area contributed by atoms with Crippen molar-refractivity contribution in [3.05, 3.63) is 65.2 Å². The molecule has 1 unspecified atom stereocenters. The summed E-state index contributed by atoms with van der Waals surface area (Å²) in [6, 6.07) is 16.9. The minimum absolute atomic E-state index is 0. The third kappa shape index (κ3) is 3.21. The summed E-state index contributed by atoms with van der Waals surface area (Å²) >= 11 is 0. The second-order valence-corrected chi connectivity index (χ2v) is 7.44. The van der Waals surface area contributed by atoms with E-state index in [0.29, 0.717) is 6.54 Å². The maximum absolute atomic E-state index is 11.8. The Kier molecular flexibility index (Phi) is 5.54. The third-order valence-electron chi connectivity index (χ3n) is 5.61. The molecule has 2 heterocycles. The van der Waals surface area contributed by atoms with Crippen LogP contribution in [0.1, 0.15) is 42.4 Å². The van der Waals surface area contributed by atoms with Crippen molar-refractivity contribution in [3.63, 3.8) is 0 Å². The second-order valence-electron chi connectivity index (χ2n) is 7.44. The largest absolute Gasteiger partial charge is 1.00 e. The van der Waals surface area contributed by atoms with E-state index in [1.165, 1.54) is 35.5 Å². The Hall–Kier alpha value is -1.65. The van der Waals surface area contributed by atoms with Gasteiger partial charge in [0.05, 0.1) is 6.54 Å². The zero-order valence-electron chi connectivity index (χ0n) is 15.6. The van der Waals surface area contributed by atoms with Crippen LogP contribution in [-0.4, -0.2) is 28.6 Å². The van der Waals surface area contributed by atoms with Gasteiger partial charge in [-0.15, -0.1) is 0 Å². The summed E-state index contributed by atoms with van der Waals surface area (Å²) in [5.74, 6) is 1.27. The number of halogens is 1. The van der Waals surface area contributed by atoms with Crippen molar-refractivity contribution in [1.29, 1.82) is 0 Å². The monoisotopic (exact) mass is 414 g/mol. The van der Waals surface area contributed by atoms with Crippen molar-refractivity contribution in [1.82, 2.24) is 0 Å². The van der Waals surface area contributed by atoms with Crippen LogP contribution in [0.4, 0.5) is 5.69 Å². The van der Waals surface area contributed by atoms with Crippen LogP contribution in [0, 0.1) is 13.8 Å². The van der Waals surface area contributed by atoms with E-state index in [9.17, 15) is 5.11 Å². The summed E-state index contributed by atoms with van der Waals surface area (Å²) in [5, 5.41) is 11.8. The van der Waals surface area contributed by atoms with Crippen LogP contribution in [0.15, 0.2) is 48.5 Å². The van der Waals surface area contributed by atoms with Crippen molar-refractivity contribution < 1.29 is 26.7 Å². The molecular weight excluding hydrogens is 388 g/mol. The first-order chi connectivity index (χ1) is 12.1. The Bertz CT molecular complexity index is 818. The van der Waals surface area contributed by atoms with Gasteiger partial charge in [-0.3, -0.25) is 0 Å². The summed E-state index contributed by atoms with van der Waals surface area (Å²) in [6.07, 6.45) is 4.59. The molecule has 2 aromatic rings. The Morgan fingerprint density at radius 2 is 1.77 bits per heavy atom. The molecule has 0 spiro atoms. The minimum Gasteiger partial charge on any atom is -1.00 e. The quantitative estimate of drug-likeness (QED) is 0.740. The number of aryl methyl sites for hydroxylation is 2. The molecule has 0 saturated carbocycles. The fourth-order valence-electron chi connectivity index (χ4n) is 4.41. The molecule has 4 rings (SSSR count). The Balaban J connectivity index is 0.00000196. The zero-order valence-corrected chi connectivity index (χ0v) is 17.2. The summed E-state index contributed by atoms with van der Waals surface area (Å²) in [5.41, 5.74) is 3.66. The zero-order chi connectivity index (χ0) is 17.4. The van der Waals surface area contributed by atoms with Crippen LogP contribution >= 0.6 is 0 Å². The molecule has 4 heteroatoms. The highest BCUT2D eigenvalue weighted by atomic mass is 79.9. The molecule has 3 nitrogen and oxygen atoms in total. The molecule has 26 heavy (non-hydrogen) atoms. The number of nitrogens with zero attached hydrogens (tertiary/aromatic N) is 2. The standard InChI is InChI=1S/C22H27N2O.BrH/c1-17-12-13-20(18(2)15-17)22(25)16-23(19-9-5-3-6-10-19)21-11-7-4-8-14-24(21)22;/h3,5-6,9-10,12-13,15,25H,4,7-8,11,14,16H2,1-2H3;1H/q+1;/p-1. The molecule has 0 aromatic heterocycles. The third-order valence-corrected chi connectivity index (χ3v) is 5.61. The molecule has 0 aliphatic carbocycles. The van der Waals surface area contributed by atoms with Crippen molar-refractivity contribution in [2.75, 3.05) is 18.0 Å². The number of aliphatic hydroxyl groups is 1. The second kappa shape index (κ2) is 7.53. The SMILES string of the molecule is Cc1ccc(C2(O)CN(c3ccccc3)C3=[N+]2CCCCC3)c(C)c1.[Br-]. The molecule has 1 atom stereocenters. The van der Waals surface area contributed by atoms with Crippen LogP contribution in [0.3, 0.4) is 0 Å². The molecule has 0 bridgehead atoms. The number of β-amino-alcohol motifs (C(OH)–C–C–N with tert-alkyl or cyclic N) is 1. The van der Waals surface area contributed by atoms with Gasteiger partial charge in [0.25, 0.3) is 11.6 Å². The van der Waals surface area contributed by atoms with E-state index in [0.717, 1.165) is 24.9 Å². The van der Waals surface area contributed by atoms with Crippen molar-refractivity contribution in [2.45, 2.75) is 45.3 Å². The lowest BCUT2D eigenvalue weighted by molar-refractivity contribution is -0.658. The van der Waals surface area contributed by atoms with Gasteiger partial charge in [0, 0.05) is 12.0 Å². The van der Waals surface area contributed by atoms with E-state index in [1.807, 2.05) is 6.07 Å². The van der Waals surface area contributed by atoms with Gasteiger partial charge in [-0.1, -0.05) is 42.0 Å². The summed E-state index contributed by atoms with van der Waals surface area (Å²) < 4.78 is 2.27. The van der Waals surface area contributed by atoms with Crippen LogP contribution < -0.4 is 21.9 Å². The number of rotatable bonds is 2. The molecule has 0 amide bonds. The molecule has 2 aromatic carbocycles. The minimum atomic E-state index is -0.951.